The van der Waals surface area contributed by atoms with Crippen LogP contribution in [0, 0.1) is 0 Å². The first-order chi connectivity index (χ1) is 7.66. The number of aryl methyl sites for hydroxylation is 1. The van der Waals surface area contributed by atoms with Crippen LogP contribution in [0.1, 0.15) is 17.2 Å². The second kappa shape index (κ2) is 4.68. The molecule has 0 aliphatic carbocycles. The Kier molecular flexibility index (Phi) is 3.27. The van der Waals surface area contributed by atoms with Crippen molar-refractivity contribution in [2.75, 3.05) is 0 Å². The third-order valence-corrected chi connectivity index (χ3v) is 2.86. The Labute approximate surface area is 99.8 Å². The summed E-state index contributed by atoms with van der Waals surface area (Å²) in [6.45, 7) is 0. The molecule has 84 valence electrons. The van der Waals surface area contributed by atoms with Gasteiger partial charge in [-0.15, -0.1) is 0 Å². The Morgan fingerprint density at radius 3 is 2.81 bits per heavy atom. The van der Waals surface area contributed by atoms with Gasteiger partial charge in [0.15, 0.2) is 0 Å². The van der Waals surface area contributed by atoms with Crippen LogP contribution >= 0.6 is 11.6 Å². The zero-order valence-electron chi connectivity index (χ0n) is 9.10. The minimum atomic E-state index is -0.0853. The number of nitrogens with two attached hydrogens (primary N) is 1. The van der Waals surface area contributed by atoms with Crippen molar-refractivity contribution in [3.8, 4) is 0 Å². The van der Waals surface area contributed by atoms with Crippen molar-refractivity contribution in [1.29, 1.82) is 0 Å². The van der Waals surface area contributed by atoms with Crippen LogP contribution < -0.4 is 5.73 Å². The number of aromatic nitrogens is 2. The van der Waals surface area contributed by atoms with E-state index in [4.69, 9.17) is 17.3 Å². The molecule has 0 radical (unpaired) electrons. The Morgan fingerprint density at radius 1 is 1.44 bits per heavy atom. The normalized spacial score (nSPS) is 12.7. The van der Waals surface area contributed by atoms with Crippen molar-refractivity contribution in [3.05, 3.63) is 52.8 Å². The minimum Gasteiger partial charge on any atom is -0.324 e. The summed E-state index contributed by atoms with van der Waals surface area (Å²) in [5.74, 6) is 0. The molecule has 0 saturated carbocycles. The summed E-state index contributed by atoms with van der Waals surface area (Å²) in [4.78, 5) is 0. The molecule has 0 fully saturated rings. The van der Waals surface area contributed by atoms with Gasteiger partial charge in [0.1, 0.15) is 0 Å². The Bertz CT molecular complexity index is 479. The van der Waals surface area contributed by atoms with Gasteiger partial charge in [-0.2, -0.15) is 5.10 Å². The summed E-state index contributed by atoms with van der Waals surface area (Å²) in [5, 5.41) is 4.84. The highest BCUT2D eigenvalue weighted by atomic mass is 35.5. The van der Waals surface area contributed by atoms with Gasteiger partial charge in [-0.05, 0) is 23.6 Å². The highest BCUT2D eigenvalue weighted by Crippen LogP contribution is 2.23. The van der Waals surface area contributed by atoms with Crippen molar-refractivity contribution in [3.63, 3.8) is 0 Å². The van der Waals surface area contributed by atoms with Crippen LogP contribution in [-0.4, -0.2) is 9.78 Å². The van der Waals surface area contributed by atoms with Crippen molar-refractivity contribution in [2.45, 2.75) is 12.5 Å². The maximum atomic E-state index is 6.12. The summed E-state index contributed by atoms with van der Waals surface area (Å²) < 4.78 is 1.77. The molecule has 1 aromatic heterocycles. The van der Waals surface area contributed by atoms with Crippen molar-refractivity contribution in [1.82, 2.24) is 9.78 Å². The second-order valence-corrected chi connectivity index (χ2v) is 4.26. The molecule has 1 atom stereocenters. The molecule has 0 bridgehead atoms. The lowest BCUT2D eigenvalue weighted by molar-refractivity contribution is 0.719. The third-order valence-electron chi connectivity index (χ3n) is 2.52. The fourth-order valence-electron chi connectivity index (χ4n) is 1.72. The zero-order valence-corrected chi connectivity index (χ0v) is 9.85. The molecule has 0 aliphatic heterocycles. The van der Waals surface area contributed by atoms with Gasteiger partial charge in [0, 0.05) is 24.3 Å². The number of hydrogen-bond acceptors (Lipinski definition) is 2. The van der Waals surface area contributed by atoms with Crippen LogP contribution in [0.2, 0.25) is 5.02 Å². The number of nitrogens with zero attached hydrogens (tertiary/aromatic N) is 2. The van der Waals surface area contributed by atoms with Gasteiger partial charge in [-0.3, -0.25) is 4.68 Å². The van der Waals surface area contributed by atoms with Crippen molar-refractivity contribution >= 4 is 11.6 Å². The lowest BCUT2D eigenvalue weighted by Gasteiger charge is -2.12. The summed E-state index contributed by atoms with van der Waals surface area (Å²) in [6, 6.07) is 7.59. The first-order valence-corrected chi connectivity index (χ1v) is 5.52. The maximum Gasteiger partial charge on any atom is 0.0522 e. The molecule has 1 heterocycles. The molecular formula is C12H14ClN3. The molecule has 1 aromatic carbocycles. The van der Waals surface area contributed by atoms with Gasteiger partial charge in [0.05, 0.1) is 6.20 Å². The van der Waals surface area contributed by atoms with Crippen LogP contribution in [0.4, 0.5) is 0 Å². The van der Waals surface area contributed by atoms with Crippen molar-refractivity contribution in [2.24, 2.45) is 12.8 Å². The summed E-state index contributed by atoms with van der Waals surface area (Å²) in [7, 11) is 1.89. The smallest absolute Gasteiger partial charge is 0.0522 e. The molecule has 0 amide bonds. The van der Waals surface area contributed by atoms with E-state index in [0.29, 0.717) is 0 Å². The van der Waals surface area contributed by atoms with Crippen LogP contribution in [0.3, 0.4) is 0 Å². The monoisotopic (exact) mass is 235 g/mol. The Balaban J connectivity index is 2.14. The van der Waals surface area contributed by atoms with Gasteiger partial charge in [0.25, 0.3) is 0 Å². The van der Waals surface area contributed by atoms with E-state index < -0.39 is 0 Å². The van der Waals surface area contributed by atoms with E-state index in [2.05, 4.69) is 5.10 Å². The fourth-order valence-corrected chi connectivity index (χ4v) is 1.99. The molecule has 0 spiro atoms. The van der Waals surface area contributed by atoms with Crippen LogP contribution in [0.15, 0.2) is 36.7 Å². The van der Waals surface area contributed by atoms with E-state index in [9.17, 15) is 0 Å². The number of hydrogen-bond donors (Lipinski definition) is 1. The van der Waals surface area contributed by atoms with Gasteiger partial charge in [-0.25, -0.2) is 0 Å². The topological polar surface area (TPSA) is 43.8 Å². The maximum absolute atomic E-state index is 6.12. The summed E-state index contributed by atoms with van der Waals surface area (Å²) in [6.07, 6.45) is 4.55. The van der Waals surface area contributed by atoms with E-state index in [-0.39, 0.29) is 6.04 Å². The van der Waals surface area contributed by atoms with Gasteiger partial charge >= 0.3 is 0 Å². The lowest BCUT2D eigenvalue weighted by Crippen LogP contribution is -2.13. The van der Waals surface area contributed by atoms with Gasteiger partial charge in [0.2, 0.25) is 0 Å². The van der Waals surface area contributed by atoms with E-state index in [1.54, 1.807) is 4.68 Å². The van der Waals surface area contributed by atoms with Crippen LogP contribution in [0.5, 0.6) is 0 Å². The average Bonchev–Trinajstić information content (AvgIpc) is 2.64. The summed E-state index contributed by atoms with van der Waals surface area (Å²) >= 11 is 6.09. The minimum absolute atomic E-state index is 0.0853. The van der Waals surface area contributed by atoms with Crippen LogP contribution in [-0.2, 0) is 13.5 Å². The number of benzene rings is 1. The molecule has 16 heavy (non-hydrogen) atoms. The number of rotatable bonds is 3. The third kappa shape index (κ3) is 2.43. The standard InChI is InChI=1S/C12H14ClN3/c1-16-8-9(7-15-16)6-12(14)10-4-2-3-5-11(10)13/h2-5,7-8,12H,6,14H2,1H3. The zero-order chi connectivity index (χ0) is 11.5. The highest BCUT2D eigenvalue weighted by molar-refractivity contribution is 6.31. The predicted molar refractivity (Wildman–Crippen MR) is 65.3 cm³/mol. The molecular weight excluding hydrogens is 222 g/mol. The van der Waals surface area contributed by atoms with Gasteiger partial charge in [-0.1, -0.05) is 29.8 Å². The van der Waals surface area contributed by atoms with E-state index in [1.165, 1.54) is 0 Å². The largest absolute Gasteiger partial charge is 0.324 e. The quantitative estimate of drug-likeness (QED) is 0.887. The molecule has 4 heteroatoms. The molecule has 0 aliphatic rings. The first-order valence-electron chi connectivity index (χ1n) is 5.14. The molecule has 2 aromatic rings. The van der Waals surface area contributed by atoms with E-state index in [0.717, 1.165) is 22.6 Å². The van der Waals surface area contributed by atoms with Gasteiger partial charge < -0.3 is 5.73 Å². The molecule has 1 unspecified atom stereocenters. The first kappa shape index (κ1) is 11.2. The highest BCUT2D eigenvalue weighted by Gasteiger charge is 2.11. The predicted octanol–water partition coefficient (Wildman–Crippen LogP) is 2.32. The molecule has 3 nitrogen and oxygen atoms in total. The van der Waals surface area contributed by atoms with Crippen molar-refractivity contribution < 1.29 is 0 Å². The lowest BCUT2D eigenvalue weighted by atomic mass is 10.0. The summed E-state index contributed by atoms with van der Waals surface area (Å²) in [5.41, 5.74) is 8.22. The second-order valence-electron chi connectivity index (χ2n) is 3.85. The Morgan fingerprint density at radius 2 is 2.19 bits per heavy atom. The van der Waals surface area contributed by atoms with E-state index in [1.807, 2.05) is 43.7 Å². The molecule has 0 saturated heterocycles. The van der Waals surface area contributed by atoms with E-state index >= 15 is 0 Å². The SMILES string of the molecule is Cn1cc(CC(N)c2ccccc2Cl)cn1. The molecule has 2 rings (SSSR count). The van der Waals surface area contributed by atoms with Crippen LogP contribution in [0.25, 0.3) is 0 Å². The fraction of sp³-hybridized carbons (Fsp3) is 0.250. The average molecular weight is 236 g/mol. The Hall–Kier alpha value is -1.32. The number of halogens is 1. The molecule has 2 N–H and O–H groups in total.